The molecular formula is C13H13ClN2O2. The van der Waals surface area contributed by atoms with E-state index in [1.807, 2.05) is 0 Å². The minimum atomic E-state index is -0.656. The summed E-state index contributed by atoms with van der Waals surface area (Å²) >= 11 is 6.13. The number of nitrogens with zero attached hydrogens (tertiary/aromatic N) is 1. The van der Waals surface area contributed by atoms with Crippen molar-refractivity contribution in [3.63, 3.8) is 0 Å². The van der Waals surface area contributed by atoms with Crippen LogP contribution in [0.4, 0.5) is 5.69 Å². The van der Waals surface area contributed by atoms with Gasteiger partial charge in [0.1, 0.15) is 6.04 Å². The monoisotopic (exact) mass is 264 g/mol. The fraction of sp³-hybridized carbons (Fsp3) is 0.231. The maximum Gasteiger partial charge on any atom is 0.254 e. The molecule has 0 aliphatic carbocycles. The van der Waals surface area contributed by atoms with Gasteiger partial charge in [0, 0.05) is 19.0 Å². The predicted molar refractivity (Wildman–Crippen MR) is 70.6 cm³/mol. The lowest BCUT2D eigenvalue weighted by Crippen LogP contribution is -2.36. The average molecular weight is 265 g/mol. The molecule has 0 bridgehead atoms. The third kappa shape index (κ3) is 1.99. The number of carbonyl (C=O) groups is 2. The Kier molecular flexibility index (Phi) is 3.39. The first-order valence-corrected chi connectivity index (χ1v) is 5.92. The maximum absolute atomic E-state index is 12.2. The zero-order valence-electron chi connectivity index (χ0n) is 9.94. The van der Waals surface area contributed by atoms with Crippen LogP contribution in [-0.2, 0) is 9.59 Å². The Morgan fingerprint density at radius 2 is 2.33 bits per heavy atom. The van der Waals surface area contributed by atoms with E-state index in [0.717, 1.165) is 5.56 Å². The van der Waals surface area contributed by atoms with Gasteiger partial charge >= 0.3 is 0 Å². The fourth-order valence-corrected chi connectivity index (χ4v) is 2.39. The molecule has 2 rings (SSSR count). The van der Waals surface area contributed by atoms with Gasteiger partial charge in [-0.15, -0.1) is 6.58 Å². The Hall–Kier alpha value is -1.81. The molecule has 18 heavy (non-hydrogen) atoms. The van der Waals surface area contributed by atoms with E-state index in [1.165, 1.54) is 11.8 Å². The van der Waals surface area contributed by atoms with Crippen LogP contribution in [0.5, 0.6) is 0 Å². The second-order valence-corrected chi connectivity index (χ2v) is 4.46. The van der Waals surface area contributed by atoms with Crippen molar-refractivity contribution in [2.75, 3.05) is 11.4 Å². The van der Waals surface area contributed by atoms with Crippen molar-refractivity contribution in [1.82, 2.24) is 5.32 Å². The Labute approximate surface area is 110 Å². The SMILES string of the molecule is C=CCN1C(=O)[C@H](NC(C)=O)c2cccc(Cl)c21. The highest BCUT2D eigenvalue weighted by atomic mass is 35.5. The second-order valence-electron chi connectivity index (χ2n) is 4.05. The normalized spacial score (nSPS) is 17.6. The quantitative estimate of drug-likeness (QED) is 0.850. The molecule has 1 heterocycles. The summed E-state index contributed by atoms with van der Waals surface area (Å²) < 4.78 is 0. The van der Waals surface area contributed by atoms with Crippen LogP contribution in [0.3, 0.4) is 0 Å². The zero-order valence-corrected chi connectivity index (χ0v) is 10.7. The Balaban J connectivity index is 2.50. The molecule has 4 nitrogen and oxygen atoms in total. The van der Waals surface area contributed by atoms with E-state index in [4.69, 9.17) is 11.6 Å². The Bertz CT molecular complexity index is 528. The van der Waals surface area contributed by atoms with Gasteiger partial charge < -0.3 is 10.2 Å². The molecule has 1 N–H and O–H groups in total. The molecule has 0 spiro atoms. The third-order valence-corrected chi connectivity index (χ3v) is 3.08. The van der Waals surface area contributed by atoms with E-state index in [0.29, 0.717) is 17.3 Å². The molecule has 1 aromatic carbocycles. The van der Waals surface area contributed by atoms with Gasteiger partial charge in [-0.1, -0.05) is 29.8 Å². The van der Waals surface area contributed by atoms with Crippen LogP contribution >= 0.6 is 11.6 Å². The van der Waals surface area contributed by atoms with Crippen molar-refractivity contribution >= 4 is 29.1 Å². The Morgan fingerprint density at radius 1 is 1.61 bits per heavy atom. The van der Waals surface area contributed by atoms with E-state index in [2.05, 4.69) is 11.9 Å². The number of rotatable bonds is 3. The zero-order chi connectivity index (χ0) is 13.3. The van der Waals surface area contributed by atoms with Crippen molar-refractivity contribution in [2.24, 2.45) is 0 Å². The summed E-state index contributed by atoms with van der Waals surface area (Å²) in [4.78, 5) is 24.9. The molecular weight excluding hydrogens is 252 g/mol. The van der Waals surface area contributed by atoms with Crippen molar-refractivity contribution in [2.45, 2.75) is 13.0 Å². The first kappa shape index (κ1) is 12.6. The molecule has 1 atom stereocenters. The van der Waals surface area contributed by atoms with Gasteiger partial charge in [0.25, 0.3) is 5.91 Å². The highest BCUT2D eigenvalue weighted by Gasteiger charge is 2.38. The summed E-state index contributed by atoms with van der Waals surface area (Å²) in [5.41, 5.74) is 1.38. The van der Waals surface area contributed by atoms with E-state index in [9.17, 15) is 9.59 Å². The lowest BCUT2D eigenvalue weighted by Gasteiger charge is -2.16. The number of hydrogen-bond acceptors (Lipinski definition) is 2. The highest BCUT2D eigenvalue weighted by Crippen LogP contribution is 2.40. The lowest BCUT2D eigenvalue weighted by molar-refractivity contribution is -0.126. The summed E-state index contributed by atoms with van der Waals surface area (Å²) in [6, 6.07) is 4.62. The van der Waals surface area contributed by atoms with Crippen LogP contribution in [0.2, 0.25) is 5.02 Å². The smallest absolute Gasteiger partial charge is 0.254 e. The molecule has 0 saturated heterocycles. The molecule has 0 saturated carbocycles. The van der Waals surface area contributed by atoms with Gasteiger partial charge in [-0.05, 0) is 6.07 Å². The van der Waals surface area contributed by atoms with Crippen molar-refractivity contribution in [3.05, 3.63) is 41.4 Å². The van der Waals surface area contributed by atoms with E-state index in [-0.39, 0.29) is 11.8 Å². The summed E-state index contributed by atoms with van der Waals surface area (Å²) in [5.74, 6) is -0.437. The highest BCUT2D eigenvalue weighted by molar-refractivity contribution is 6.34. The number of amides is 2. The first-order chi connectivity index (χ1) is 8.56. The predicted octanol–water partition coefficient (Wildman–Crippen LogP) is 2.05. The third-order valence-electron chi connectivity index (χ3n) is 2.77. The number of fused-ring (bicyclic) bond motifs is 1. The van der Waals surface area contributed by atoms with Crippen molar-refractivity contribution in [1.29, 1.82) is 0 Å². The molecule has 2 amide bonds. The van der Waals surface area contributed by atoms with Gasteiger partial charge in [-0.3, -0.25) is 9.59 Å². The van der Waals surface area contributed by atoms with Crippen LogP contribution in [0.1, 0.15) is 18.5 Å². The van der Waals surface area contributed by atoms with E-state index >= 15 is 0 Å². The van der Waals surface area contributed by atoms with Gasteiger partial charge in [0.15, 0.2) is 0 Å². The van der Waals surface area contributed by atoms with E-state index < -0.39 is 6.04 Å². The number of para-hydroxylation sites is 1. The standard InChI is InChI=1S/C13H13ClN2O2/c1-3-7-16-12-9(5-4-6-10(12)14)11(13(16)18)15-8(2)17/h3-6,11H,1,7H2,2H3,(H,15,17)/t11-/m1/s1. The number of halogens is 1. The molecule has 0 radical (unpaired) electrons. The molecule has 0 fully saturated rings. The number of nitrogens with one attached hydrogen (secondary N) is 1. The van der Waals surface area contributed by atoms with Gasteiger partial charge in [-0.25, -0.2) is 0 Å². The number of hydrogen-bond donors (Lipinski definition) is 1. The Morgan fingerprint density at radius 3 is 2.94 bits per heavy atom. The average Bonchev–Trinajstić information content (AvgIpc) is 2.56. The number of carbonyl (C=O) groups excluding carboxylic acids is 2. The first-order valence-electron chi connectivity index (χ1n) is 5.54. The second kappa shape index (κ2) is 4.82. The van der Waals surface area contributed by atoms with Crippen LogP contribution in [-0.4, -0.2) is 18.4 Å². The van der Waals surface area contributed by atoms with Gasteiger partial charge in [0.05, 0.1) is 10.7 Å². The summed E-state index contributed by atoms with van der Waals surface area (Å²) in [6.07, 6.45) is 1.63. The lowest BCUT2D eigenvalue weighted by atomic mass is 10.1. The van der Waals surface area contributed by atoms with Crippen molar-refractivity contribution < 1.29 is 9.59 Å². The molecule has 0 unspecified atom stereocenters. The summed E-state index contributed by atoms with van der Waals surface area (Å²) in [7, 11) is 0. The number of benzene rings is 1. The molecule has 1 aliphatic heterocycles. The largest absolute Gasteiger partial charge is 0.341 e. The molecule has 1 aliphatic rings. The van der Waals surface area contributed by atoms with Crippen LogP contribution < -0.4 is 10.2 Å². The van der Waals surface area contributed by atoms with Crippen LogP contribution in [0.25, 0.3) is 0 Å². The molecule has 0 aromatic heterocycles. The summed E-state index contributed by atoms with van der Waals surface area (Å²) in [5, 5.41) is 3.14. The maximum atomic E-state index is 12.2. The summed E-state index contributed by atoms with van der Waals surface area (Å²) in [6.45, 7) is 5.37. The van der Waals surface area contributed by atoms with Gasteiger partial charge in [0.2, 0.25) is 5.91 Å². The van der Waals surface area contributed by atoms with E-state index in [1.54, 1.807) is 24.3 Å². The topological polar surface area (TPSA) is 49.4 Å². The fourth-order valence-electron chi connectivity index (χ4n) is 2.10. The van der Waals surface area contributed by atoms with Crippen molar-refractivity contribution in [3.8, 4) is 0 Å². The van der Waals surface area contributed by atoms with Crippen LogP contribution in [0, 0.1) is 0 Å². The minimum Gasteiger partial charge on any atom is -0.341 e. The molecule has 1 aromatic rings. The van der Waals surface area contributed by atoms with Gasteiger partial charge in [-0.2, -0.15) is 0 Å². The van der Waals surface area contributed by atoms with Crippen LogP contribution in [0.15, 0.2) is 30.9 Å². The molecule has 94 valence electrons. The number of anilines is 1. The molecule has 5 heteroatoms. The minimum absolute atomic E-state index is 0.187.